The number of aromatic nitrogens is 4. The topological polar surface area (TPSA) is 81.9 Å². The lowest BCUT2D eigenvalue weighted by Crippen LogP contribution is -2.26. The van der Waals surface area contributed by atoms with Crippen LogP contribution in [-0.4, -0.2) is 38.1 Å². The monoisotopic (exact) mass is 363 g/mol. The molecule has 27 heavy (non-hydrogen) atoms. The SMILES string of the molecule is C[C@@H](Oc1nc(-c2ccncc2)cc2ncn(C3CC3)c12)C1CNC(=O)C1. The minimum Gasteiger partial charge on any atom is -0.473 e. The van der Waals surface area contributed by atoms with E-state index >= 15 is 0 Å². The van der Waals surface area contributed by atoms with Crippen LogP contribution in [0.3, 0.4) is 0 Å². The maximum absolute atomic E-state index is 11.6. The second-order valence-electron chi connectivity index (χ2n) is 7.39. The minimum absolute atomic E-state index is 0.0853. The number of fused-ring (bicyclic) bond motifs is 1. The van der Waals surface area contributed by atoms with Crippen LogP contribution in [0.5, 0.6) is 5.88 Å². The number of hydrogen-bond donors (Lipinski definition) is 1. The van der Waals surface area contributed by atoms with Crippen molar-refractivity contribution in [2.75, 3.05) is 6.54 Å². The summed E-state index contributed by atoms with van der Waals surface area (Å²) >= 11 is 0. The fraction of sp³-hybridized carbons (Fsp3) is 0.400. The van der Waals surface area contributed by atoms with Gasteiger partial charge in [-0.1, -0.05) is 0 Å². The van der Waals surface area contributed by atoms with Gasteiger partial charge in [-0.25, -0.2) is 9.97 Å². The molecule has 7 nitrogen and oxygen atoms in total. The smallest absolute Gasteiger partial charge is 0.241 e. The Morgan fingerprint density at radius 1 is 1.30 bits per heavy atom. The molecule has 1 saturated carbocycles. The summed E-state index contributed by atoms with van der Waals surface area (Å²) in [6.45, 7) is 2.66. The summed E-state index contributed by atoms with van der Waals surface area (Å²) in [5.74, 6) is 0.828. The molecule has 3 aromatic rings. The van der Waals surface area contributed by atoms with E-state index in [9.17, 15) is 4.79 Å². The Morgan fingerprint density at radius 2 is 2.11 bits per heavy atom. The second-order valence-corrected chi connectivity index (χ2v) is 7.39. The van der Waals surface area contributed by atoms with E-state index < -0.39 is 0 Å². The molecule has 3 aromatic heterocycles. The van der Waals surface area contributed by atoms with E-state index in [-0.39, 0.29) is 17.9 Å². The van der Waals surface area contributed by atoms with Gasteiger partial charge in [0.05, 0.1) is 17.5 Å². The Balaban J connectivity index is 1.57. The highest BCUT2D eigenvalue weighted by Gasteiger charge is 2.31. The highest BCUT2D eigenvalue weighted by atomic mass is 16.5. The lowest BCUT2D eigenvalue weighted by Gasteiger charge is -2.20. The lowest BCUT2D eigenvalue weighted by molar-refractivity contribution is -0.119. The van der Waals surface area contributed by atoms with Gasteiger partial charge in [0.15, 0.2) is 0 Å². The van der Waals surface area contributed by atoms with Crippen LogP contribution in [-0.2, 0) is 4.79 Å². The molecule has 4 heterocycles. The predicted octanol–water partition coefficient (Wildman–Crippen LogP) is 2.73. The third-order valence-corrected chi connectivity index (χ3v) is 5.41. The first-order valence-corrected chi connectivity index (χ1v) is 9.40. The molecule has 0 aromatic carbocycles. The minimum atomic E-state index is -0.116. The fourth-order valence-electron chi connectivity index (χ4n) is 3.64. The molecule has 1 amide bonds. The summed E-state index contributed by atoms with van der Waals surface area (Å²) in [6, 6.07) is 6.34. The first-order chi connectivity index (χ1) is 13.2. The van der Waals surface area contributed by atoms with Crippen molar-refractivity contribution in [2.24, 2.45) is 5.92 Å². The van der Waals surface area contributed by atoms with Crippen molar-refractivity contribution in [1.82, 2.24) is 24.8 Å². The van der Waals surface area contributed by atoms with Gasteiger partial charge in [-0.15, -0.1) is 0 Å². The van der Waals surface area contributed by atoms with Crippen LogP contribution in [0.2, 0.25) is 0 Å². The molecule has 0 bridgehead atoms. The number of rotatable bonds is 5. The summed E-state index contributed by atoms with van der Waals surface area (Å²) in [6.07, 6.45) is 8.09. The van der Waals surface area contributed by atoms with Gasteiger partial charge in [-0.05, 0) is 38.0 Å². The highest BCUT2D eigenvalue weighted by molar-refractivity contribution is 5.85. The van der Waals surface area contributed by atoms with Crippen molar-refractivity contribution in [3.8, 4) is 17.1 Å². The number of nitrogens with one attached hydrogen (secondary N) is 1. The predicted molar refractivity (Wildman–Crippen MR) is 100 cm³/mol. The first-order valence-electron chi connectivity index (χ1n) is 9.40. The molecule has 1 unspecified atom stereocenters. The second kappa shape index (κ2) is 6.33. The number of nitrogens with zero attached hydrogens (tertiary/aromatic N) is 4. The quantitative estimate of drug-likeness (QED) is 0.754. The summed E-state index contributed by atoms with van der Waals surface area (Å²) in [5.41, 5.74) is 3.61. The normalized spacial score (nSPS) is 20.6. The number of amides is 1. The zero-order chi connectivity index (χ0) is 18.4. The van der Waals surface area contributed by atoms with E-state index in [0.717, 1.165) is 35.1 Å². The van der Waals surface area contributed by atoms with Crippen molar-refractivity contribution in [1.29, 1.82) is 0 Å². The van der Waals surface area contributed by atoms with Crippen molar-refractivity contribution < 1.29 is 9.53 Å². The lowest BCUT2D eigenvalue weighted by atomic mass is 10.0. The molecule has 2 fully saturated rings. The molecule has 1 aliphatic heterocycles. The zero-order valence-corrected chi connectivity index (χ0v) is 15.1. The van der Waals surface area contributed by atoms with Crippen LogP contribution in [0, 0.1) is 5.92 Å². The maximum atomic E-state index is 11.6. The van der Waals surface area contributed by atoms with Crippen LogP contribution in [0.15, 0.2) is 36.9 Å². The number of carbonyl (C=O) groups is 1. The summed E-state index contributed by atoms with van der Waals surface area (Å²) in [7, 11) is 0. The van der Waals surface area contributed by atoms with Crippen molar-refractivity contribution in [2.45, 2.75) is 38.3 Å². The van der Waals surface area contributed by atoms with E-state index in [0.29, 0.717) is 24.9 Å². The van der Waals surface area contributed by atoms with Gasteiger partial charge in [0.2, 0.25) is 11.8 Å². The molecule has 2 aliphatic rings. The standard InChI is InChI=1S/C20H21N5O2/c1-12(14-8-18(26)22-10-14)27-20-19-17(23-11-25(19)15-2-3-15)9-16(24-20)13-4-6-21-7-5-13/h4-7,9,11-12,14-15H,2-3,8,10H2,1H3,(H,22,26)/t12-,14?/m1/s1. The van der Waals surface area contributed by atoms with Gasteiger partial charge >= 0.3 is 0 Å². The largest absolute Gasteiger partial charge is 0.473 e. The van der Waals surface area contributed by atoms with Crippen LogP contribution in [0.4, 0.5) is 0 Å². The van der Waals surface area contributed by atoms with Crippen molar-refractivity contribution >= 4 is 16.9 Å². The summed E-state index contributed by atoms with van der Waals surface area (Å²) in [5, 5.41) is 2.88. The van der Waals surface area contributed by atoms with Gasteiger partial charge in [0.1, 0.15) is 11.6 Å². The Hall–Kier alpha value is -2.96. The van der Waals surface area contributed by atoms with Crippen LogP contribution >= 0.6 is 0 Å². The van der Waals surface area contributed by atoms with Crippen molar-refractivity contribution in [3.63, 3.8) is 0 Å². The number of ether oxygens (including phenoxy) is 1. The van der Waals surface area contributed by atoms with Gasteiger partial charge in [-0.2, -0.15) is 0 Å². The number of imidazole rings is 1. The average Bonchev–Trinajstić information content (AvgIpc) is 3.28. The molecular formula is C20H21N5O2. The van der Waals surface area contributed by atoms with E-state index in [1.165, 1.54) is 0 Å². The maximum Gasteiger partial charge on any atom is 0.241 e. The van der Waals surface area contributed by atoms with Gasteiger partial charge in [0.25, 0.3) is 0 Å². The van der Waals surface area contributed by atoms with Crippen molar-refractivity contribution in [3.05, 3.63) is 36.9 Å². The summed E-state index contributed by atoms with van der Waals surface area (Å²) < 4.78 is 8.50. The summed E-state index contributed by atoms with van der Waals surface area (Å²) in [4.78, 5) is 25.1. The fourth-order valence-corrected chi connectivity index (χ4v) is 3.64. The number of carbonyl (C=O) groups excluding carboxylic acids is 1. The average molecular weight is 363 g/mol. The Morgan fingerprint density at radius 3 is 2.81 bits per heavy atom. The van der Waals surface area contributed by atoms with Gasteiger partial charge in [0, 0.05) is 42.9 Å². The van der Waals surface area contributed by atoms with Gasteiger partial charge < -0.3 is 14.6 Å². The zero-order valence-electron chi connectivity index (χ0n) is 15.1. The molecular weight excluding hydrogens is 342 g/mol. The van der Waals surface area contributed by atoms with E-state index in [4.69, 9.17) is 9.72 Å². The molecule has 7 heteroatoms. The van der Waals surface area contributed by atoms with E-state index in [2.05, 4.69) is 19.9 Å². The van der Waals surface area contributed by atoms with Crippen LogP contribution < -0.4 is 10.1 Å². The molecule has 1 aliphatic carbocycles. The molecule has 0 spiro atoms. The van der Waals surface area contributed by atoms with Gasteiger partial charge in [-0.3, -0.25) is 9.78 Å². The van der Waals surface area contributed by atoms with E-state index in [1.54, 1.807) is 12.4 Å². The number of pyridine rings is 2. The molecule has 138 valence electrons. The van der Waals surface area contributed by atoms with E-state index in [1.807, 2.05) is 31.5 Å². The molecule has 1 N–H and O–H groups in total. The molecule has 0 radical (unpaired) electrons. The Labute approximate surface area is 156 Å². The number of hydrogen-bond acceptors (Lipinski definition) is 5. The third-order valence-electron chi connectivity index (χ3n) is 5.41. The third kappa shape index (κ3) is 3.03. The Kier molecular flexibility index (Phi) is 3.81. The molecule has 1 saturated heterocycles. The first kappa shape index (κ1) is 16.2. The molecule has 2 atom stereocenters. The van der Waals surface area contributed by atoms with Crippen LogP contribution in [0.25, 0.3) is 22.3 Å². The Bertz CT molecular complexity index is 996. The highest BCUT2D eigenvalue weighted by Crippen LogP contribution is 2.40. The van der Waals surface area contributed by atoms with Crippen LogP contribution in [0.1, 0.15) is 32.2 Å². The molecule has 5 rings (SSSR count).